The third kappa shape index (κ3) is 4.64. The fraction of sp³-hybridized carbons (Fsp3) is 0.333. The smallest absolute Gasteiger partial charge is 0.418 e. The SMILES string of the molecule is C=CCC(C#CC)OC(=O)C(=O)O. The summed E-state index contributed by atoms with van der Waals surface area (Å²) < 4.78 is 4.51. The fourth-order valence-electron chi connectivity index (χ4n) is 0.628. The molecule has 4 heteroatoms. The van der Waals surface area contributed by atoms with Crippen LogP contribution in [0.3, 0.4) is 0 Å². The maximum atomic E-state index is 10.6. The fourth-order valence-corrected chi connectivity index (χ4v) is 0.628. The van der Waals surface area contributed by atoms with Crippen molar-refractivity contribution in [1.82, 2.24) is 0 Å². The molecule has 0 aromatic carbocycles. The van der Waals surface area contributed by atoms with Crippen molar-refractivity contribution in [2.45, 2.75) is 19.4 Å². The van der Waals surface area contributed by atoms with Crippen LogP contribution in [0.4, 0.5) is 0 Å². The van der Waals surface area contributed by atoms with Gasteiger partial charge in [0.05, 0.1) is 0 Å². The van der Waals surface area contributed by atoms with Crippen molar-refractivity contribution < 1.29 is 19.4 Å². The predicted molar refractivity (Wildman–Crippen MR) is 45.8 cm³/mol. The van der Waals surface area contributed by atoms with Crippen LogP contribution >= 0.6 is 0 Å². The summed E-state index contributed by atoms with van der Waals surface area (Å²) in [6.45, 7) is 5.00. The summed E-state index contributed by atoms with van der Waals surface area (Å²) in [6.07, 6.45) is 1.11. The van der Waals surface area contributed by atoms with Crippen molar-refractivity contribution in [1.29, 1.82) is 0 Å². The van der Waals surface area contributed by atoms with Crippen LogP contribution in [0.15, 0.2) is 12.7 Å². The Balaban J connectivity index is 4.22. The van der Waals surface area contributed by atoms with E-state index in [1.807, 2.05) is 0 Å². The van der Waals surface area contributed by atoms with E-state index in [0.717, 1.165) is 0 Å². The molecule has 70 valence electrons. The lowest BCUT2D eigenvalue weighted by Crippen LogP contribution is -2.22. The van der Waals surface area contributed by atoms with Gasteiger partial charge in [0.2, 0.25) is 0 Å². The Morgan fingerprint density at radius 1 is 1.69 bits per heavy atom. The number of hydrogen-bond donors (Lipinski definition) is 1. The topological polar surface area (TPSA) is 63.6 Å². The molecule has 0 bridgehead atoms. The van der Waals surface area contributed by atoms with E-state index in [9.17, 15) is 9.59 Å². The van der Waals surface area contributed by atoms with Gasteiger partial charge in [-0.3, -0.25) is 0 Å². The van der Waals surface area contributed by atoms with Gasteiger partial charge in [0.15, 0.2) is 6.10 Å². The molecule has 0 spiro atoms. The molecule has 1 N–H and O–H groups in total. The van der Waals surface area contributed by atoms with E-state index in [1.165, 1.54) is 6.08 Å². The van der Waals surface area contributed by atoms with Gasteiger partial charge in [0, 0.05) is 6.42 Å². The number of carbonyl (C=O) groups excluding carboxylic acids is 1. The minimum Gasteiger partial charge on any atom is -0.473 e. The van der Waals surface area contributed by atoms with E-state index in [1.54, 1.807) is 6.92 Å². The zero-order chi connectivity index (χ0) is 10.3. The molecular formula is C9H10O4. The Labute approximate surface area is 76.2 Å². The average molecular weight is 182 g/mol. The van der Waals surface area contributed by atoms with Gasteiger partial charge in [-0.2, -0.15) is 0 Å². The number of rotatable bonds is 3. The van der Waals surface area contributed by atoms with Crippen molar-refractivity contribution in [2.75, 3.05) is 0 Å². The van der Waals surface area contributed by atoms with Crippen LogP contribution < -0.4 is 0 Å². The molecule has 0 fully saturated rings. The first kappa shape index (κ1) is 11.2. The molecule has 0 aromatic heterocycles. The minimum absolute atomic E-state index is 0.319. The first-order valence-corrected chi connectivity index (χ1v) is 3.59. The van der Waals surface area contributed by atoms with Crippen LogP contribution in [0.2, 0.25) is 0 Å². The summed E-state index contributed by atoms with van der Waals surface area (Å²) in [5.74, 6) is 2.16. The number of carbonyl (C=O) groups is 2. The van der Waals surface area contributed by atoms with E-state index in [0.29, 0.717) is 6.42 Å². The van der Waals surface area contributed by atoms with Crippen LogP contribution in [0.5, 0.6) is 0 Å². The second-order valence-electron chi connectivity index (χ2n) is 2.12. The van der Waals surface area contributed by atoms with Crippen LogP contribution in [0.25, 0.3) is 0 Å². The second kappa shape index (κ2) is 5.84. The summed E-state index contributed by atoms with van der Waals surface area (Å²) in [4.78, 5) is 20.7. The highest BCUT2D eigenvalue weighted by molar-refractivity contribution is 6.28. The van der Waals surface area contributed by atoms with Gasteiger partial charge < -0.3 is 9.84 Å². The second-order valence-corrected chi connectivity index (χ2v) is 2.12. The van der Waals surface area contributed by atoms with Crippen molar-refractivity contribution >= 4 is 11.9 Å². The first-order chi connectivity index (χ1) is 6.11. The zero-order valence-corrected chi connectivity index (χ0v) is 7.24. The van der Waals surface area contributed by atoms with E-state index in [2.05, 4.69) is 23.2 Å². The van der Waals surface area contributed by atoms with Crippen LogP contribution in [-0.2, 0) is 14.3 Å². The average Bonchev–Trinajstić information content (AvgIpc) is 2.05. The summed E-state index contributed by atoms with van der Waals surface area (Å²) >= 11 is 0. The van der Waals surface area contributed by atoms with Gasteiger partial charge in [-0.05, 0) is 6.92 Å². The molecule has 0 rings (SSSR count). The largest absolute Gasteiger partial charge is 0.473 e. The van der Waals surface area contributed by atoms with Gasteiger partial charge in [-0.1, -0.05) is 12.0 Å². The molecule has 0 heterocycles. The molecule has 1 unspecified atom stereocenters. The molecule has 0 aliphatic carbocycles. The van der Waals surface area contributed by atoms with E-state index >= 15 is 0 Å². The van der Waals surface area contributed by atoms with Crippen molar-refractivity contribution in [3.63, 3.8) is 0 Å². The van der Waals surface area contributed by atoms with Crippen molar-refractivity contribution in [3.8, 4) is 11.8 Å². The molecule has 0 aromatic rings. The molecule has 0 radical (unpaired) electrons. The quantitative estimate of drug-likeness (QED) is 0.300. The Morgan fingerprint density at radius 3 is 2.69 bits per heavy atom. The molecule has 0 aliphatic heterocycles. The normalized spacial score (nSPS) is 10.5. The van der Waals surface area contributed by atoms with Gasteiger partial charge in [0.1, 0.15) is 0 Å². The molecule has 4 nitrogen and oxygen atoms in total. The molecule has 0 amide bonds. The maximum Gasteiger partial charge on any atom is 0.418 e. The van der Waals surface area contributed by atoms with E-state index < -0.39 is 18.0 Å². The molecular weight excluding hydrogens is 172 g/mol. The van der Waals surface area contributed by atoms with Crippen LogP contribution in [0.1, 0.15) is 13.3 Å². The lowest BCUT2D eigenvalue weighted by atomic mass is 10.2. The number of esters is 1. The van der Waals surface area contributed by atoms with Gasteiger partial charge in [-0.25, -0.2) is 9.59 Å². The number of aliphatic carboxylic acids is 1. The summed E-state index contributed by atoms with van der Waals surface area (Å²) in [7, 11) is 0. The molecule has 1 atom stereocenters. The first-order valence-electron chi connectivity index (χ1n) is 3.59. The molecule has 0 saturated heterocycles. The summed E-state index contributed by atoms with van der Waals surface area (Å²) in [6, 6.07) is 0. The monoisotopic (exact) mass is 182 g/mol. The Hall–Kier alpha value is -1.76. The van der Waals surface area contributed by atoms with E-state index in [-0.39, 0.29) is 0 Å². The van der Waals surface area contributed by atoms with Gasteiger partial charge in [0.25, 0.3) is 0 Å². The Kier molecular flexibility index (Phi) is 5.05. The molecule has 0 saturated carbocycles. The standard InChI is InChI=1S/C9H10O4/c1-3-5-7(6-4-2)13-9(12)8(10)11/h3,7H,1,5H2,2H3,(H,10,11). The highest BCUT2D eigenvalue weighted by Gasteiger charge is 2.17. The third-order valence-corrected chi connectivity index (χ3v) is 1.11. The van der Waals surface area contributed by atoms with E-state index in [4.69, 9.17) is 5.11 Å². The Bertz CT molecular complexity index is 269. The van der Waals surface area contributed by atoms with Gasteiger partial charge in [-0.15, -0.1) is 12.5 Å². The number of carboxylic acid groups (broad SMARTS) is 1. The van der Waals surface area contributed by atoms with Crippen LogP contribution in [-0.4, -0.2) is 23.1 Å². The Morgan fingerprint density at radius 2 is 2.31 bits per heavy atom. The number of hydrogen-bond acceptors (Lipinski definition) is 3. The van der Waals surface area contributed by atoms with Crippen LogP contribution in [0, 0.1) is 11.8 Å². The lowest BCUT2D eigenvalue weighted by molar-refractivity contribution is -0.165. The highest BCUT2D eigenvalue weighted by Crippen LogP contribution is 1.98. The molecule has 0 aliphatic rings. The minimum atomic E-state index is -1.62. The number of carboxylic acids is 1. The third-order valence-electron chi connectivity index (χ3n) is 1.11. The number of ether oxygens (including phenoxy) is 1. The van der Waals surface area contributed by atoms with Gasteiger partial charge >= 0.3 is 11.9 Å². The van der Waals surface area contributed by atoms with Crippen molar-refractivity contribution in [3.05, 3.63) is 12.7 Å². The summed E-state index contributed by atoms with van der Waals surface area (Å²) in [5, 5.41) is 8.22. The zero-order valence-electron chi connectivity index (χ0n) is 7.24. The van der Waals surface area contributed by atoms with Crippen molar-refractivity contribution in [2.24, 2.45) is 0 Å². The predicted octanol–water partition coefficient (Wildman–Crippen LogP) is 0.582. The highest BCUT2D eigenvalue weighted by atomic mass is 16.6. The maximum absolute atomic E-state index is 10.6. The lowest BCUT2D eigenvalue weighted by Gasteiger charge is -2.07. The molecule has 13 heavy (non-hydrogen) atoms. The summed E-state index contributed by atoms with van der Waals surface area (Å²) in [5.41, 5.74) is 0.